The molecule has 6 heteroatoms. The van der Waals surface area contributed by atoms with E-state index in [2.05, 4.69) is 4.98 Å². The van der Waals surface area contributed by atoms with Gasteiger partial charge in [-0.2, -0.15) is 4.31 Å². The lowest BCUT2D eigenvalue weighted by Crippen LogP contribution is -2.29. The highest BCUT2D eigenvalue weighted by molar-refractivity contribution is 7.89. The monoisotopic (exact) mass is 228 g/mol. The Kier molecular flexibility index (Phi) is 2.54. The van der Waals surface area contributed by atoms with E-state index in [-0.39, 0.29) is 13.1 Å². The molecule has 15 heavy (non-hydrogen) atoms. The van der Waals surface area contributed by atoms with Crippen LogP contribution in [0, 0.1) is 5.82 Å². The van der Waals surface area contributed by atoms with Crippen molar-refractivity contribution in [1.82, 2.24) is 9.29 Å². The summed E-state index contributed by atoms with van der Waals surface area (Å²) >= 11 is 0. The molecular formula is C9H9FN2O2S. The van der Waals surface area contributed by atoms with Crippen molar-refractivity contribution >= 4 is 10.0 Å². The SMILES string of the molecule is O=S(=O)(c1ncccc1F)N1CC=CC1. The van der Waals surface area contributed by atoms with Crippen molar-refractivity contribution in [2.24, 2.45) is 0 Å². The van der Waals surface area contributed by atoms with E-state index in [9.17, 15) is 12.8 Å². The summed E-state index contributed by atoms with van der Waals surface area (Å²) in [7, 11) is -3.78. The van der Waals surface area contributed by atoms with Crippen LogP contribution in [0.4, 0.5) is 4.39 Å². The summed E-state index contributed by atoms with van der Waals surface area (Å²) < 4.78 is 38.1. The van der Waals surface area contributed by atoms with E-state index in [0.717, 1.165) is 6.07 Å². The molecule has 0 unspecified atom stereocenters. The van der Waals surface area contributed by atoms with E-state index in [1.807, 2.05) is 0 Å². The number of pyridine rings is 1. The first-order chi connectivity index (χ1) is 7.12. The average Bonchev–Trinajstić information content (AvgIpc) is 2.71. The maximum Gasteiger partial charge on any atom is 0.264 e. The number of halogens is 1. The molecule has 4 nitrogen and oxygen atoms in total. The fraction of sp³-hybridized carbons (Fsp3) is 0.222. The molecule has 0 aromatic carbocycles. The molecule has 1 aliphatic rings. The topological polar surface area (TPSA) is 50.3 Å². The molecule has 1 aromatic heterocycles. The third kappa shape index (κ3) is 1.78. The van der Waals surface area contributed by atoms with Crippen molar-refractivity contribution in [3.05, 3.63) is 36.3 Å². The lowest BCUT2D eigenvalue weighted by Gasteiger charge is -2.14. The Bertz CT molecular complexity index is 491. The molecule has 1 aliphatic heterocycles. The minimum absolute atomic E-state index is 0.276. The van der Waals surface area contributed by atoms with Crippen LogP contribution in [0.25, 0.3) is 0 Å². The quantitative estimate of drug-likeness (QED) is 0.703. The zero-order valence-electron chi connectivity index (χ0n) is 7.80. The number of hydrogen-bond acceptors (Lipinski definition) is 3. The van der Waals surface area contributed by atoms with Gasteiger partial charge in [-0.25, -0.2) is 17.8 Å². The average molecular weight is 228 g/mol. The second-order valence-corrected chi connectivity index (χ2v) is 4.94. The molecule has 0 fully saturated rings. The summed E-state index contributed by atoms with van der Waals surface area (Å²) in [5.41, 5.74) is 0. The van der Waals surface area contributed by atoms with Crippen LogP contribution in [-0.2, 0) is 10.0 Å². The first-order valence-corrected chi connectivity index (χ1v) is 5.82. The van der Waals surface area contributed by atoms with Crippen LogP contribution in [0.5, 0.6) is 0 Å². The van der Waals surface area contributed by atoms with Gasteiger partial charge in [0.05, 0.1) is 0 Å². The normalized spacial score (nSPS) is 17.1. The first kappa shape index (κ1) is 10.3. The van der Waals surface area contributed by atoms with Crippen LogP contribution in [-0.4, -0.2) is 30.8 Å². The molecule has 0 radical (unpaired) electrons. The Morgan fingerprint density at radius 2 is 2.00 bits per heavy atom. The fourth-order valence-corrected chi connectivity index (χ4v) is 2.66. The smallest absolute Gasteiger partial charge is 0.241 e. The van der Waals surface area contributed by atoms with Gasteiger partial charge in [0.2, 0.25) is 5.03 Å². The van der Waals surface area contributed by atoms with Crippen molar-refractivity contribution in [1.29, 1.82) is 0 Å². The largest absolute Gasteiger partial charge is 0.264 e. The maximum atomic E-state index is 13.2. The van der Waals surface area contributed by atoms with Gasteiger partial charge in [0.1, 0.15) is 0 Å². The van der Waals surface area contributed by atoms with E-state index in [1.54, 1.807) is 12.2 Å². The molecule has 0 saturated heterocycles. The summed E-state index contributed by atoms with van der Waals surface area (Å²) in [6, 6.07) is 2.44. The second-order valence-electron chi connectivity index (χ2n) is 3.08. The summed E-state index contributed by atoms with van der Waals surface area (Å²) in [4.78, 5) is 3.56. The lowest BCUT2D eigenvalue weighted by molar-refractivity contribution is 0.473. The summed E-state index contributed by atoms with van der Waals surface area (Å²) in [6.07, 6.45) is 4.70. The third-order valence-corrected chi connectivity index (χ3v) is 3.86. The molecule has 80 valence electrons. The van der Waals surface area contributed by atoms with E-state index in [4.69, 9.17) is 0 Å². The van der Waals surface area contributed by atoms with Crippen LogP contribution in [0.3, 0.4) is 0 Å². The predicted molar refractivity (Wildman–Crippen MR) is 52.1 cm³/mol. The first-order valence-electron chi connectivity index (χ1n) is 4.38. The molecule has 0 spiro atoms. The molecule has 0 aliphatic carbocycles. The molecule has 0 amide bonds. The van der Waals surface area contributed by atoms with Gasteiger partial charge >= 0.3 is 0 Å². The summed E-state index contributed by atoms with van der Waals surface area (Å²) in [5, 5.41) is -0.506. The van der Waals surface area contributed by atoms with E-state index >= 15 is 0 Å². The highest BCUT2D eigenvalue weighted by atomic mass is 32.2. The number of nitrogens with zero attached hydrogens (tertiary/aromatic N) is 2. The molecule has 1 aromatic rings. The molecular weight excluding hydrogens is 219 g/mol. The number of rotatable bonds is 2. The van der Waals surface area contributed by atoms with Gasteiger partial charge in [0, 0.05) is 19.3 Å². The Morgan fingerprint density at radius 1 is 1.33 bits per heavy atom. The van der Waals surface area contributed by atoms with Gasteiger partial charge in [0.15, 0.2) is 5.82 Å². The molecule has 0 saturated carbocycles. The third-order valence-electron chi connectivity index (χ3n) is 2.09. The van der Waals surface area contributed by atoms with Crippen LogP contribution in [0.15, 0.2) is 35.5 Å². The van der Waals surface area contributed by atoms with Gasteiger partial charge in [0.25, 0.3) is 10.0 Å². The Morgan fingerprint density at radius 3 is 2.60 bits per heavy atom. The minimum Gasteiger partial charge on any atom is -0.241 e. The van der Waals surface area contributed by atoms with Crippen molar-refractivity contribution in [2.75, 3.05) is 13.1 Å². The molecule has 2 rings (SSSR count). The van der Waals surface area contributed by atoms with Gasteiger partial charge < -0.3 is 0 Å². The Hall–Kier alpha value is -1.27. The number of aromatic nitrogens is 1. The van der Waals surface area contributed by atoms with Crippen molar-refractivity contribution in [3.8, 4) is 0 Å². The maximum absolute atomic E-state index is 13.2. The van der Waals surface area contributed by atoms with Crippen LogP contribution in [0.1, 0.15) is 0 Å². The highest BCUT2D eigenvalue weighted by Crippen LogP contribution is 2.17. The van der Waals surface area contributed by atoms with Crippen molar-refractivity contribution < 1.29 is 12.8 Å². The van der Waals surface area contributed by atoms with E-state index < -0.39 is 20.9 Å². The molecule has 0 N–H and O–H groups in total. The standard InChI is InChI=1S/C9H9FN2O2S/c10-8-4-3-5-11-9(8)15(13,14)12-6-1-2-7-12/h1-5H,6-7H2. The summed E-state index contributed by atoms with van der Waals surface area (Å²) in [5.74, 6) is -0.815. The summed E-state index contributed by atoms with van der Waals surface area (Å²) in [6.45, 7) is 0.552. The molecule has 2 heterocycles. The second kappa shape index (κ2) is 3.71. The van der Waals surface area contributed by atoms with Gasteiger partial charge in [-0.05, 0) is 12.1 Å². The van der Waals surface area contributed by atoms with Crippen LogP contribution in [0.2, 0.25) is 0 Å². The van der Waals surface area contributed by atoms with E-state index in [1.165, 1.54) is 16.6 Å². The van der Waals surface area contributed by atoms with Crippen molar-refractivity contribution in [2.45, 2.75) is 5.03 Å². The van der Waals surface area contributed by atoms with Crippen LogP contribution < -0.4 is 0 Å². The zero-order chi connectivity index (χ0) is 10.9. The van der Waals surface area contributed by atoms with Gasteiger partial charge in [-0.15, -0.1) is 0 Å². The van der Waals surface area contributed by atoms with Gasteiger partial charge in [-0.3, -0.25) is 0 Å². The highest BCUT2D eigenvalue weighted by Gasteiger charge is 2.28. The molecule has 0 atom stereocenters. The van der Waals surface area contributed by atoms with Crippen molar-refractivity contribution in [3.63, 3.8) is 0 Å². The minimum atomic E-state index is -3.78. The lowest BCUT2D eigenvalue weighted by atomic mass is 10.5. The van der Waals surface area contributed by atoms with Crippen LogP contribution >= 0.6 is 0 Å². The zero-order valence-corrected chi connectivity index (χ0v) is 8.61. The number of hydrogen-bond donors (Lipinski definition) is 0. The Balaban J connectivity index is 2.42. The molecule has 0 bridgehead atoms. The Labute approximate surface area is 87.1 Å². The van der Waals surface area contributed by atoms with Gasteiger partial charge in [-0.1, -0.05) is 12.2 Å². The predicted octanol–water partition coefficient (Wildman–Crippen LogP) is 0.781. The number of sulfonamides is 1. The fourth-order valence-electron chi connectivity index (χ4n) is 1.34. The van der Waals surface area contributed by atoms with E-state index in [0.29, 0.717) is 0 Å².